The van der Waals surface area contributed by atoms with Gasteiger partial charge < -0.3 is 29.6 Å². The molecule has 3 aromatic heterocycles. The number of fused-ring (bicyclic) bond motifs is 1. The lowest BCUT2D eigenvalue weighted by Crippen LogP contribution is -2.39. The van der Waals surface area contributed by atoms with Crippen LogP contribution in [-0.2, 0) is 9.59 Å². The number of furan rings is 1. The van der Waals surface area contributed by atoms with Crippen molar-refractivity contribution in [2.24, 2.45) is 11.8 Å². The molecule has 1 fully saturated rings. The van der Waals surface area contributed by atoms with Gasteiger partial charge in [-0.2, -0.15) is 0 Å². The smallest absolute Gasteiger partial charge is 0.294 e. The number of nitrogens with zero attached hydrogens (tertiary/aromatic N) is 4. The van der Waals surface area contributed by atoms with Crippen molar-refractivity contribution in [3.63, 3.8) is 0 Å². The molecule has 39 heavy (non-hydrogen) atoms. The van der Waals surface area contributed by atoms with Crippen molar-refractivity contribution in [3.8, 4) is 5.88 Å². The first-order valence-corrected chi connectivity index (χ1v) is 13.1. The molecule has 0 aliphatic heterocycles. The van der Waals surface area contributed by atoms with Crippen LogP contribution < -0.4 is 15.4 Å². The van der Waals surface area contributed by atoms with Crippen LogP contribution in [0, 0.1) is 11.8 Å². The Morgan fingerprint density at radius 3 is 2.38 bits per heavy atom. The van der Waals surface area contributed by atoms with Gasteiger partial charge in [0.05, 0.1) is 12.1 Å². The van der Waals surface area contributed by atoms with Crippen molar-refractivity contribution in [2.75, 3.05) is 52.0 Å². The molecule has 11 nitrogen and oxygen atoms in total. The van der Waals surface area contributed by atoms with Gasteiger partial charge in [-0.3, -0.25) is 14.4 Å². The highest BCUT2D eigenvalue weighted by Gasteiger charge is 2.33. The molecule has 1 aliphatic rings. The van der Waals surface area contributed by atoms with Crippen LogP contribution in [0.2, 0.25) is 5.02 Å². The number of hydrogen-bond acceptors (Lipinski definition) is 8. The third-order valence-electron chi connectivity index (χ3n) is 6.89. The Morgan fingerprint density at radius 1 is 1.03 bits per heavy atom. The molecule has 2 N–H and O–H groups in total. The van der Waals surface area contributed by atoms with Crippen LogP contribution in [0.1, 0.15) is 36.2 Å². The van der Waals surface area contributed by atoms with Gasteiger partial charge in [0.25, 0.3) is 5.91 Å². The van der Waals surface area contributed by atoms with E-state index < -0.39 is 5.91 Å². The van der Waals surface area contributed by atoms with Crippen molar-refractivity contribution < 1.29 is 23.5 Å². The van der Waals surface area contributed by atoms with E-state index in [1.807, 2.05) is 26.0 Å². The molecular weight excluding hydrogens is 524 g/mol. The van der Waals surface area contributed by atoms with Crippen LogP contribution in [0.5, 0.6) is 5.88 Å². The Hall–Kier alpha value is -3.70. The van der Waals surface area contributed by atoms with Crippen LogP contribution in [0.15, 0.2) is 35.0 Å². The quantitative estimate of drug-likeness (QED) is 0.406. The number of carbonyl (C=O) groups excluding carboxylic acids is 3. The number of ether oxygens (including phenoxy) is 1. The largest absolute Gasteiger partial charge is 0.480 e. The van der Waals surface area contributed by atoms with E-state index in [9.17, 15) is 14.4 Å². The normalized spacial score (nSPS) is 17.2. The lowest BCUT2D eigenvalue weighted by atomic mass is 9.81. The fraction of sp³-hybridized carbons (Fsp3) is 0.444. The maximum atomic E-state index is 13.4. The average molecular weight is 557 g/mol. The predicted octanol–water partition coefficient (Wildman–Crippen LogP) is 3.90. The Kier molecular flexibility index (Phi) is 9.03. The number of pyridine rings is 2. The summed E-state index contributed by atoms with van der Waals surface area (Å²) in [7, 11) is 7.22. The third-order valence-corrected chi connectivity index (χ3v) is 7.11. The molecule has 208 valence electrons. The molecule has 0 radical (unpaired) electrons. The summed E-state index contributed by atoms with van der Waals surface area (Å²) in [5.41, 5.74) is 0.509. The molecule has 0 aromatic carbocycles. The van der Waals surface area contributed by atoms with Gasteiger partial charge in [-0.05, 0) is 51.9 Å². The third kappa shape index (κ3) is 6.66. The maximum absolute atomic E-state index is 13.4. The van der Waals surface area contributed by atoms with Crippen molar-refractivity contribution in [1.82, 2.24) is 19.8 Å². The second kappa shape index (κ2) is 12.4. The molecule has 0 atom stereocenters. The van der Waals surface area contributed by atoms with Crippen LogP contribution in [0.4, 0.5) is 11.5 Å². The number of rotatable bonds is 9. The number of nitrogens with one attached hydrogen (secondary N) is 2. The Labute approximate surface area is 231 Å². The summed E-state index contributed by atoms with van der Waals surface area (Å²) in [6.45, 7) is 1.45. The lowest BCUT2D eigenvalue weighted by molar-refractivity contribution is -0.136. The highest BCUT2D eigenvalue weighted by molar-refractivity contribution is 6.30. The van der Waals surface area contributed by atoms with E-state index in [0.717, 1.165) is 6.54 Å². The first-order chi connectivity index (χ1) is 18.7. The number of halogens is 1. The average Bonchev–Trinajstić information content (AvgIpc) is 3.31. The Morgan fingerprint density at radius 2 is 1.74 bits per heavy atom. The number of amides is 3. The van der Waals surface area contributed by atoms with Gasteiger partial charge in [0.1, 0.15) is 22.5 Å². The van der Waals surface area contributed by atoms with E-state index in [0.29, 0.717) is 48.2 Å². The molecule has 0 spiro atoms. The van der Waals surface area contributed by atoms with Gasteiger partial charge in [0, 0.05) is 50.4 Å². The number of likely N-dealkylation sites (N-methyl/N-ethyl adjacent to an activating group) is 2. The second-order valence-electron chi connectivity index (χ2n) is 9.92. The Bertz CT molecular complexity index is 1330. The number of aromatic nitrogens is 2. The molecule has 1 saturated carbocycles. The molecule has 0 unspecified atom stereocenters. The summed E-state index contributed by atoms with van der Waals surface area (Å²) in [6, 6.07) is 4.74. The van der Waals surface area contributed by atoms with Gasteiger partial charge in [0.15, 0.2) is 0 Å². The highest BCUT2D eigenvalue weighted by atomic mass is 35.5. The second-order valence-corrected chi connectivity index (χ2v) is 10.4. The first-order valence-electron chi connectivity index (χ1n) is 12.8. The zero-order valence-electron chi connectivity index (χ0n) is 22.5. The van der Waals surface area contributed by atoms with Crippen molar-refractivity contribution in [3.05, 3.63) is 41.4 Å². The number of carbonyl (C=O) groups is 3. The van der Waals surface area contributed by atoms with E-state index in [1.54, 1.807) is 23.1 Å². The number of anilines is 2. The summed E-state index contributed by atoms with van der Waals surface area (Å²) < 4.78 is 11.2. The lowest BCUT2D eigenvalue weighted by Gasteiger charge is -2.30. The van der Waals surface area contributed by atoms with E-state index in [4.69, 9.17) is 20.8 Å². The molecular formula is C27H33ClN6O5. The molecule has 12 heteroatoms. The summed E-state index contributed by atoms with van der Waals surface area (Å²) >= 11 is 5.89. The van der Waals surface area contributed by atoms with Crippen molar-refractivity contribution >= 4 is 51.8 Å². The topological polar surface area (TPSA) is 130 Å². The minimum Gasteiger partial charge on any atom is -0.480 e. The molecule has 3 aromatic rings. The molecule has 0 saturated heterocycles. The Balaban J connectivity index is 1.50. The maximum Gasteiger partial charge on any atom is 0.294 e. The van der Waals surface area contributed by atoms with E-state index >= 15 is 0 Å². The summed E-state index contributed by atoms with van der Waals surface area (Å²) in [6.07, 6.45) is 5.26. The molecule has 0 bridgehead atoms. The molecule has 3 heterocycles. The molecule has 4 rings (SSSR count). The van der Waals surface area contributed by atoms with Gasteiger partial charge in [0.2, 0.25) is 23.5 Å². The van der Waals surface area contributed by atoms with Gasteiger partial charge in [-0.1, -0.05) is 11.6 Å². The van der Waals surface area contributed by atoms with Crippen LogP contribution in [-0.4, -0.2) is 78.8 Å². The van der Waals surface area contributed by atoms with Crippen LogP contribution >= 0.6 is 11.6 Å². The zero-order valence-corrected chi connectivity index (χ0v) is 23.2. The monoisotopic (exact) mass is 556 g/mol. The van der Waals surface area contributed by atoms with Crippen LogP contribution in [0.25, 0.3) is 11.0 Å². The van der Waals surface area contributed by atoms with Crippen LogP contribution in [0.3, 0.4) is 0 Å². The fourth-order valence-corrected chi connectivity index (χ4v) is 4.78. The summed E-state index contributed by atoms with van der Waals surface area (Å²) in [4.78, 5) is 51.5. The van der Waals surface area contributed by atoms with E-state index in [2.05, 4.69) is 20.6 Å². The minimum atomic E-state index is -0.603. The molecule has 1 aliphatic carbocycles. The summed E-state index contributed by atoms with van der Waals surface area (Å²) in [5, 5.41) is 6.37. The summed E-state index contributed by atoms with van der Waals surface area (Å²) in [5.74, 6) is -0.787. The first kappa shape index (κ1) is 28.3. The van der Waals surface area contributed by atoms with Crippen molar-refractivity contribution in [2.45, 2.75) is 25.7 Å². The SMILES string of the molecule is COc1nccc2oc(C(=O)Nc3ccc(Cl)cn3)c(NC(=O)[C@H]3CC[C@H](C(=O)N(C)CCN(C)C)CC3)c12. The van der Waals surface area contributed by atoms with Gasteiger partial charge in [-0.25, -0.2) is 9.97 Å². The predicted molar refractivity (Wildman–Crippen MR) is 148 cm³/mol. The highest BCUT2D eigenvalue weighted by Crippen LogP contribution is 2.38. The molecule has 3 amide bonds. The standard InChI is InChI=1S/C27H33ClN6O5/c1-33(2)13-14-34(3)27(37)17-7-5-16(6-8-17)24(35)32-22-21-19(11-12-29-26(21)38-4)39-23(22)25(36)31-20-10-9-18(28)15-30-20/h9-12,15-17H,5-8,13-14H2,1-4H3,(H,32,35)(H,30,31,36)/t16-,17-. The van der Waals surface area contributed by atoms with E-state index in [-0.39, 0.29) is 46.8 Å². The van der Waals surface area contributed by atoms with Gasteiger partial charge >= 0.3 is 0 Å². The zero-order chi connectivity index (χ0) is 28.1. The fourth-order valence-electron chi connectivity index (χ4n) is 4.67. The number of hydrogen-bond donors (Lipinski definition) is 2. The van der Waals surface area contributed by atoms with Gasteiger partial charge in [-0.15, -0.1) is 0 Å². The van der Waals surface area contributed by atoms with E-state index in [1.165, 1.54) is 19.5 Å². The van der Waals surface area contributed by atoms with Crippen molar-refractivity contribution in [1.29, 1.82) is 0 Å². The number of methoxy groups -OCH3 is 1. The minimum absolute atomic E-state index is 0.103.